The van der Waals surface area contributed by atoms with Crippen LogP contribution in [-0.2, 0) is 17.9 Å². The highest BCUT2D eigenvalue weighted by molar-refractivity contribution is 5.96. The summed E-state index contributed by atoms with van der Waals surface area (Å²) in [5.74, 6) is 0.962. The zero-order valence-corrected chi connectivity index (χ0v) is 15.9. The van der Waals surface area contributed by atoms with Gasteiger partial charge in [0.2, 0.25) is 5.91 Å². The van der Waals surface area contributed by atoms with Gasteiger partial charge in [0.1, 0.15) is 5.82 Å². The van der Waals surface area contributed by atoms with Gasteiger partial charge in [-0.3, -0.25) is 9.59 Å². The predicted molar refractivity (Wildman–Crippen MR) is 109 cm³/mol. The van der Waals surface area contributed by atoms with Crippen LogP contribution in [-0.4, -0.2) is 21.2 Å². The molecule has 0 aliphatic heterocycles. The number of benzene rings is 2. The van der Waals surface area contributed by atoms with E-state index in [1.165, 1.54) is 6.42 Å². The molecule has 0 saturated heterocycles. The average Bonchev–Trinajstić information content (AvgIpc) is 3.10. The van der Waals surface area contributed by atoms with Gasteiger partial charge in [0.05, 0.1) is 24.1 Å². The Hall–Kier alpha value is -2.95. The van der Waals surface area contributed by atoms with Crippen LogP contribution >= 0.6 is 0 Å². The second-order valence-electron chi connectivity index (χ2n) is 7.44. The Morgan fingerprint density at radius 1 is 0.964 bits per heavy atom. The highest BCUT2D eigenvalue weighted by atomic mass is 16.2. The maximum absolute atomic E-state index is 12.8. The number of para-hydroxylation sites is 2. The summed E-state index contributed by atoms with van der Waals surface area (Å²) in [7, 11) is 0. The maximum Gasteiger partial charge on any atom is 0.223 e. The summed E-state index contributed by atoms with van der Waals surface area (Å²) in [6.07, 6.45) is 5.41. The Morgan fingerprint density at radius 2 is 1.68 bits per heavy atom. The third kappa shape index (κ3) is 3.98. The number of hydrogen-bond acceptors (Lipinski definition) is 3. The molecule has 1 heterocycles. The Kier molecular flexibility index (Phi) is 5.51. The number of hydrogen-bond donors (Lipinski definition) is 1. The Morgan fingerprint density at radius 3 is 2.46 bits per heavy atom. The van der Waals surface area contributed by atoms with E-state index in [-0.39, 0.29) is 24.2 Å². The summed E-state index contributed by atoms with van der Waals surface area (Å²) in [5, 5.41) is 3.05. The van der Waals surface area contributed by atoms with Crippen molar-refractivity contribution in [1.82, 2.24) is 14.9 Å². The first kappa shape index (κ1) is 18.4. The summed E-state index contributed by atoms with van der Waals surface area (Å²) >= 11 is 0. The summed E-state index contributed by atoms with van der Waals surface area (Å²) in [5.41, 5.74) is 2.43. The molecular formula is C23H25N3O2. The van der Waals surface area contributed by atoms with Crippen molar-refractivity contribution in [2.45, 2.75) is 45.2 Å². The van der Waals surface area contributed by atoms with E-state index in [9.17, 15) is 9.59 Å². The van der Waals surface area contributed by atoms with E-state index in [1.807, 2.05) is 59.2 Å². The molecule has 5 heteroatoms. The van der Waals surface area contributed by atoms with Gasteiger partial charge in [0.15, 0.2) is 5.78 Å². The number of aromatic nitrogens is 2. The van der Waals surface area contributed by atoms with E-state index in [0.29, 0.717) is 12.1 Å². The van der Waals surface area contributed by atoms with Crippen molar-refractivity contribution in [3.8, 4) is 0 Å². The molecule has 0 bridgehead atoms. The van der Waals surface area contributed by atoms with Gasteiger partial charge in [-0.15, -0.1) is 0 Å². The first-order valence-corrected chi connectivity index (χ1v) is 10.0. The Labute approximate surface area is 164 Å². The normalized spacial score (nSPS) is 14.9. The molecule has 0 spiro atoms. The Balaban J connectivity index is 1.55. The summed E-state index contributed by atoms with van der Waals surface area (Å²) < 4.78 is 1.92. The largest absolute Gasteiger partial charge is 0.349 e. The number of imidazole rings is 1. The number of nitrogens with one attached hydrogen (secondary N) is 1. The number of nitrogens with zero attached hydrogens (tertiary/aromatic N) is 2. The summed E-state index contributed by atoms with van der Waals surface area (Å²) in [4.78, 5) is 30.0. The quantitative estimate of drug-likeness (QED) is 0.659. The van der Waals surface area contributed by atoms with Crippen LogP contribution in [0, 0.1) is 5.92 Å². The Bertz CT molecular complexity index is 972. The van der Waals surface area contributed by atoms with Crippen molar-refractivity contribution in [2.24, 2.45) is 5.92 Å². The van der Waals surface area contributed by atoms with Crippen LogP contribution in [0.3, 0.4) is 0 Å². The zero-order chi connectivity index (χ0) is 19.3. The fourth-order valence-corrected chi connectivity index (χ4v) is 3.97. The number of Topliss-reactive ketones (excluding diaryl/α,β-unsaturated/α-hetero) is 1. The van der Waals surface area contributed by atoms with Crippen LogP contribution in [0.1, 0.15) is 48.3 Å². The topological polar surface area (TPSA) is 64.0 Å². The van der Waals surface area contributed by atoms with Crippen molar-refractivity contribution < 1.29 is 9.59 Å². The minimum atomic E-state index is 0.0311. The molecule has 144 valence electrons. The zero-order valence-electron chi connectivity index (χ0n) is 15.9. The molecule has 0 unspecified atom stereocenters. The number of fused-ring (bicyclic) bond motifs is 1. The number of carbonyl (C=O) groups is 2. The van der Waals surface area contributed by atoms with Crippen LogP contribution in [0.25, 0.3) is 11.0 Å². The first-order chi connectivity index (χ1) is 13.7. The molecule has 1 aliphatic rings. The molecular weight excluding hydrogens is 350 g/mol. The third-order valence-electron chi connectivity index (χ3n) is 5.53. The van der Waals surface area contributed by atoms with Crippen LogP contribution in [0.5, 0.6) is 0 Å². The fraction of sp³-hybridized carbons (Fsp3) is 0.348. The van der Waals surface area contributed by atoms with Gasteiger partial charge in [0, 0.05) is 11.5 Å². The van der Waals surface area contributed by atoms with Crippen molar-refractivity contribution in [3.63, 3.8) is 0 Å². The first-order valence-electron chi connectivity index (χ1n) is 10.0. The van der Waals surface area contributed by atoms with Crippen molar-refractivity contribution in [2.75, 3.05) is 0 Å². The highest BCUT2D eigenvalue weighted by Crippen LogP contribution is 2.24. The molecule has 1 aliphatic carbocycles. The van der Waals surface area contributed by atoms with Crippen LogP contribution in [0.2, 0.25) is 0 Å². The SMILES string of the molecule is O=C(Cn1c(CNC(=O)C2CCCCC2)nc2ccccc21)c1ccccc1. The van der Waals surface area contributed by atoms with Gasteiger partial charge in [-0.25, -0.2) is 4.98 Å². The van der Waals surface area contributed by atoms with E-state index in [2.05, 4.69) is 10.3 Å². The molecule has 1 N–H and O–H groups in total. The molecule has 0 radical (unpaired) electrons. The monoisotopic (exact) mass is 375 g/mol. The second kappa shape index (κ2) is 8.38. The molecule has 0 atom stereocenters. The molecule has 2 aromatic carbocycles. The smallest absolute Gasteiger partial charge is 0.223 e. The lowest BCUT2D eigenvalue weighted by atomic mass is 9.89. The van der Waals surface area contributed by atoms with Crippen LogP contribution in [0.15, 0.2) is 54.6 Å². The molecule has 1 aromatic heterocycles. The van der Waals surface area contributed by atoms with E-state index in [0.717, 1.165) is 42.5 Å². The lowest BCUT2D eigenvalue weighted by Crippen LogP contribution is -2.32. The van der Waals surface area contributed by atoms with E-state index in [1.54, 1.807) is 0 Å². The standard InChI is InChI=1S/C23H25N3O2/c27-21(17-9-3-1-4-10-17)16-26-20-14-8-7-13-19(20)25-22(26)15-24-23(28)18-11-5-2-6-12-18/h1,3-4,7-10,13-14,18H,2,5-6,11-12,15-16H2,(H,24,28). The molecule has 5 nitrogen and oxygen atoms in total. The summed E-state index contributed by atoms with van der Waals surface area (Å²) in [6, 6.07) is 17.1. The predicted octanol–water partition coefficient (Wildman–Crippen LogP) is 4.12. The lowest BCUT2D eigenvalue weighted by molar-refractivity contribution is -0.126. The minimum Gasteiger partial charge on any atom is -0.349 e. The molecule has 4 rings (SSSR count). The van der Waals surface area contributed by atoms with Crippen molar-refractivity contribution in [1.29, 1.82) is 0 Å². The van der Waals surface area contributed by atoms with Gasteiger partial charge < -0.3 is 9.88 Å². The molecule has 1 fully saturated rings. The number of amides is 1. The highest BCUT2D eigenvalue weighted by Gasteiger charge is 2.22. The maximum atomic E-state index is 12.8. The van der Waals surface area contributed by atoms with Crippen LogP contribution in [0.4, 0.5) is 0 Å². The minimum absolute atomic E-state index is 0.0311. The lowest BCUT2D eigenvalue weighted by Gasteiger charge is -2.20. The number of rotatable bonds is 6. The second-order valence-corrected chi connectivity index (χ2v) is 7.44. The van der Waals surface area contributed by atoms with Gasteiger partial charge >= 0.3 is 0 Å². The average molecular weight is 375 g/mol. The van der Waals surface area contributed by atoms with Gasteiger partial charge in [-0.05, 0) is 25.0 Å². The molecule has 1 saturated carbocycles. The van der Waals surface area contributed by atoms with Crippen LogP contribution < -0.4 is 5.32 Å². The molecule has 1 amide bonds. The van der Waals surface area contributed by atoms with Crippen molar-refractivity contribution in [3.05, 3.63) is 66.0 Å². The van der Waals surface area contributed by atoms with Crippen molar-refractivity contribution >= 4 is 22.7 Å². The van der Waals surface area contributed by atoms with Gasteiger partial charge in [-0.2, -0.15) is 0 Å². The van der Waals surface area contributed by atoms with Gasteiger partial charge in [0.25, 0.3) is 0 Å². The fourth-order valence-electron chi connectivity index (χ4n) is 3.97. The summed E-state index contributed by atoms with van der Waals surface area (Å²) in [6.45, 7) is 0.547. The third-order valence-corrected chi connectivity index (χ3v) is 5.53. The molecule has 28 heavy (non-hydrogen) atoms. The van der Waals surface area contributed by atoms with Gasteiger partial charge in [-0.1, -0.05) is 61.7 Å². The number of ketones is 1. The molecule has 3 aromatic rings. The van der Waals surface area contributed by atoms with E-state index in [4.69, 9.17) is 0 Å². The van der Waals surface area contributed by atoms with E-state index < -0.39 is 0 Å². The van der Waals surface area contributed by atoms with E-state index >= 15 is 0 Å². The number of carbonyl (C=O) groups excluding carboxylic acids is 2.